The van der Waals surface area contributed by atoms with Crippen LogP contribution in [0.5, 0.6) is 0 Å². The van der Waals surface area contributed by atoms with Gasteiger partial charge in [0.05, 0.1) is 11.0 Å². The van der Waals surface area contributed by atoms with Gasteiger partial charge in [-0.15, -0.1) is 0 Å². The van der Waals surface area contributed by atoms with Crippen LogP contribution in [-0.2, 0) is 13.0 Å². The van der Waals surface area contributed by atoms with Gasteiger partial charge in [0.15, 0.2) is 6.20 Å². The Hall–Kier alpha value is -3.38. The second kappa shape index (κ2) is 8.32. The number of carbonyl (C=O) groups is 1. The summed E-state index contributed by atoms with van der Waals surface area (Å²) >= 11 is 6.11. The van der Waals surface area contributed by atoms with Gasteiger partial charge in [0.1, 0.15) is 0 Å². The number of carbonyl (C=O) groups excluding carboxylic acids is 1. The van der Waals surface area contributed by atoms with E-state index in [-0.39, 0.29) is 5.69 Å². The van der Waals surface area contributed by atoms with Crippen molar-refractivity contribution in [3.8, 4) is 0 Å². The number of pyridine rings is 1. The molecule has 0 bridgehead atoms. The fraction of sp³-hybridized carbons (Fsp3) is 0.136. The summed E-state index contributed by atoms with van der Waals surface area (Å²) in [7, 11) is 0. The quantitative estimate of drug-likeness (QED) is 0.385. The molecule has 2 aromatic heterocycles. The minimum atomic E-state index is -0.508. The van der Waals surface area contributed by atoms with E-state index in [0.29, 0.717) is 27.8 Å². The number of benzene rings is 2. The number of amides is 1. The molecule has 0 radical (unpaired) electrons. The molecule has 0 saturated carbocycles. The zero-order valence-corrected chi connectivity index (χ0v) is 16.3. The molecule has 0 saturated heterocycles. The van der Waals surface area contributed by atoms with Crippen molar-refractivity contribution in [2.24, 2.45) is 0 Å². The molecule has 0 aliphatic heterocycles. The summed E-state index contributed by atoms with van der Waals surface area (Å²) in [6.45, 7) is 0.662. The molecule has 0 aliphatic carbocycles. The number of hydrogen-bond donors (Lipinski definition) is 1. The van der Waals surface area contributed by atoms with Gasteiger partial charge < -0.3 is 9.77 Å². The van der Waals surface area contributed by atoms with Crippen LogP contribution in [-0.4, -0.2) is 15.5 Å². The van der Waals surface area contributed by atoms with Gasteiger partial charge in [-0.05, 0) is 42.7 Å². The minimum absolute atomic E-state index is 0.00780. The Morgan fingerprint density at radius 3 is 2.69 bits per heavy atom. The van der Waals surface area contributed by atoms with E-state index < -0.39 is 5.91 Å². The highest BCUT2D eigenvalue weighted by atomic mass is 35.5. The summed E-state index contributed by atoms with van der Waals surface area (Å²) in [6, 6.07) is 20.4. The lowest BCUT2D eigenvalue weighted by Gasteiger charge is -2.10. The van der Waals surface area contributed by atoms with E-state index in [1.165, 1.54) is 17.8 Å². The second-order valence-corrected chi connectivity index (χ2v) is 7.11. The molecule has 4 rings (SSSR count). The number of nitrogens with one attached hydrogen (secondary N) is 1. The number of nitrogens with zero attached hydrogens (tertiary/aromatic N) is 3. The van der Waals surface area contributed by atoms with Crippen LogP contribution in [0.15, 0.2) is 72.9 Å². The molecule has 0 atom stereocenters. The molecule has 7 heteroatoms. The molecular formula is C22H19ClN4O2. The van der Waals surface area contributed by atoms with Crippen molar-refractivity contribution in [2.75, 3.05) is 5.32 Å². The lowest BCUT2D eigenvalue weighted by molar-refractivity contribution is -0.607. The molecule has 2 aromatic carbocycles. The topological polar surface area (TPSA) is 73.9 Å². The Balaban J connectivity index is 1.61. The number of halogens is 1. The Labute approximate surface area is 173 Å². The Bertz CT molecular complexity index is 1160. The van der Waals surface area contributed by atoms with Crippen LogP contribution in [0.2, 0.25) is 5.02 Å². The first kappa shape index (κ1) is 19.0. The molecule has 29 heavy (non-hydrogen) atoms. The maximum absolute atomic E-state index is 12.6. The standard InChI is InChI=1S/C22H19ClN4O2/c23-17-11-12-19-18(15-17)24-22(25-21(28)20-10-4-5-14-27(20)29)26(19)13-6-9-16-7-2-1-3-8-16/h1-5,7-8,10-12,14-15H,6,9,13H2,(H,24,25,28). The zero-order valence-electron chi connectivity index (χ0n) is 15.6. The molecule has 1 amide bonds. The molecule has 1 N–H and O–H groups in total. The van der Waals surface area contributed by atoms with E-state index in [1.54, 1.807) is 24.3 Å². The van der Waals surface area contributed by atoms with Crippen molar-refractivity contribution in [2.45, 2.75) is 19.4 Å². The van der Waals surface area contributed by atoms with E-state index in [9.17, 15) is 10.0 Å². The number of aromatic nitrogens is 3. The highest BCUT2D eigenvalue weighted by Gasteiger charge is 2.19. The van der Waals surface area contributed by atoms with Gasteiger partial charge in [-0.2, -0.15) is 4.73 Å². The average Bonchev–Trinajstić information content (AvgIpc) is 3.05. The van der Waals surface area contributed by atoms with Crippen molar-refractivity contribution in [1.82, 2.24) is 9.55 Å². The predicted octanol–water partition coefficient (Wildman–Crippen LogP) is 4.21. The van der Waals surface area contributed by atoms with Crippen LogP contribution < -0.4 is 10.0 Å². The first-order valence-corrected chi connectivity index (χ1v) is 9.69. The van der Waals surface area contributed by atoms with Crippen LogP contribution in [0.25, 0.3) is 11.0 Å². The van der Waals surface area contributed by atoms with Gasteiger partial charge in [-0.1, -0.05) is 41.9 Å². The van der Waals surface area contributed by atoms with Gasteiger partial charge in [0.2, 0.25) is 5.95 Å². The summed E-state index contributed by atoms with van der Waals surface area (Å²) in [5.74, 6) is -0.115. The normalized spacial score (nSPS) is 10.9. The van der Waals surface area contributed by atoms with Crippen LogP contribution in [0.1, 0.15) is 22.5 Å². The van der Waals surface area contributed by atoms with Crippen molar-refractivity contribution in [3.05, 3.63) is 94.4 Å². The third-order valence-electron chi connectivity index (χ3n) is 4.68. The average molecular weight is 407 g/mol. The van der Waals surface area contributed by atoms with Gasteiger partial charge in [0.25, 0.3) is 5.69 Å². The molecule has 0 fully saturated rings. The van der Waals surface area contributed by atoms with Crippen molar-refractivity contribution >= 4 is 34.5 Å². The van der Waals surface area contributed by atoms with Crippen LogP contribution in [0.3, 0.4) is 0 Å². The molecular weight excluding hydrogens is 388 g/mol. The van der Waals surface area contributed by atoms with Gasteiger partial charge in [0, 0.05) is 23.7 Å². The Morgan fingerprint density at radius 2 is 1.90 bits per heavy atom. The predicted molar refractivity (Wildman–Crippen MR) is 113 cm³/mol. The molecule has 2 heterocycles. The highest BCUT2D eigenvalue weighted by molar-refractivity contribution is 6.31. The first-order chi connectivity index (χ1) is 14.1. The van der Waals surface area contributed by atoms with Gasteiger partial charge in [-0.25, -0.2) is 4.98 Å². The third-order valence-corrected chi connectivity index (χ3v) is 4.92. The molecule has 146 valence electrons. The number of rotatable bonds is 6. The lowest BCUT2D eigenvalue weighted by atomic mass is 10.1. The highest BCUT2D eigenvalue weighted by Crippen LogP contribution is 2.24. The Kier molecular flexibility index (Phi) is 5.44. The van der Waals surface area contributed by atoms with Gasteiger partial charge >= 0.3 is 5.91 Å². The summed E-state index contributed by atoms with van der Waals surface area (Å²) < 4.78 is 2.49. The van der Waals surface area contributed by atoms with E-state index in [4.69, 9.17) is 11.6 Å². The van der Waals surface area contributed by atoms with Crippen molar-refractivity contribution < 1.29 is 9.52 Å². The molecule has 4 aromatic rings. The molecule has 6 nitrogen and oxygen atoms in total. The maximum Gasteiger partial charge on any atom is 0.324 e. The van der Waals surface area contributed by atoms with E-state index in [1.807, 2.05) is 28.8 Å². The largest absolute Gasteiger partial charge is 0.618 e. The monoisotopic (exact) mass is 406 g/mol. The van der Waals surface area contributed by atoms with Crippen molar-refractivity contribution in [3.63, 3.8) is 0 Å². The molecule has 0 spiro atoms. The fourth-order valence-electron chi connectivity index (χ4n) is 3.28. The molecule has 0 unspecified atom stereocenters. The summed E-state index contributed by atoms with van der Waals surface area (Å²) in [5.41, 5.74) is 2.83. The number of fused-ring (bicyclic) bond motifs is 1. The Morgan fingerprint density at radius 1 is 1.10 bits per heavy atom. The molecule has 0 aliphatic rings. The smallest absolute Gasteiger partial charge is 0.324 e. The SMILES string of the molecule is O=C(Nc1nc2cc(Cl)ccc2n1CCCc1ccccc1)c1cccc[n+]1[O-]. The number of imidazole rings is 1. The summed E-state index contributed by atoms with van der Waals surface area (Å²) in [4.78, 5) is 17.1. The maximum atomic E-state index is 12.6. The minimum Gasteiger partial charge on any atom is -0.618 e. The van der Waals surface area contributed by atoms with Crippen LogP contribution in [0.4, 0.5) is 5.95 Å². The van der Waals surface area contributed by atoms with E-state index in [2.05, 4.69) is 22.4 Å². The lowest BCUT2D eigenvalue weighted by Crippen LogP contribution is -2.36. The summed E-state index contributed by atoms with van der Waals surface area (Å²) in [5, 5.41) is 15.2. The van der Waals surface area contributed by atoms with Crippen LogP contribution in [0, 0.1) is 5.21 Å². The van der Waals surface area contributed by atoms with E-state index in [0.717, 1.165) is 18.4 Å². The first-order valence-electron chi connectivity index (χ1n) is 9.31. The van der Waals surface area contributed by atoms with Crippen LogP contribution >= 0.6 is 11.6 Å². The second-order valence-electron chi connectivity index (χ2n) is 6.68. The fourth-order valence-corrected chi connectivity index (χ4v) is 3.45. The third kappa shape index (κ3) is 4.22. The van der Waals surface area contributed by atoms with Gasteiger partial charge in [-0.3, -0.25) is 10.1 Å². The van der Waals surface area contributed by atoms with E-state index >= 15 is 0 Å². The number of hydrogen-bond acceptors (Lipinski definition) is 3. The summed E-state index contributed by atoms with van der Waals surface area (Å²) in [6.07, 6.45) is 3.06. The number of anilines is 1. The van der Waals surface area contributed by atoms with Crippen molar-refractivity contribution in [1.29, 1.82) is 0 Å². The number of aryl methyl sites for hydroxylation is 2. The zero-order chi connectivity index (χ0) is 20.2.